The third-order valence-corrected chi connectivity index (χ3v) is 2.14. The van der Waals surface area contributed by atoms with Gasteiger partial charge < -0.3 is 4.74 Å². The lowest BCUT2D eigenvalue weighted by molar-refractivity contribution is 0.126. The molecule has 0 aliphatic carbocycles. The summed E-state index contributed by atoms with van der Waals surface area (Å²) < 4.78 is 5.68. The number of hydrogen-bond acceptors (Lipinski definition) is 1. The van der Waals surface area contributed by atoms with Crippen LogP contribution in [-0.4, -0.2) is 0 Å². The van der Waals surface area contributed by atoms with E-state index in [2.05, 4.69) is 32.6 Å². The van der Waals surface area contributed by atoms with Gasteiger partial charge in [0.15, 0.2) is 0 Å². The van der Waals surface area contributed by atoms with E-state index < -0.39 is 0 Å². The summed E-state index contributed by atoms with van der Waals surface area (Å²) in [5.74, 6) is 0.879. The van der Waals surface area contributed by atoms with Crippen molar-refractivity contribution >= 4 is 0 Å². The van der Waals surface area contributed by atoms with Gasteiger partial charge >= 0.3 is 0 Å². The van der Waals surface area contributed by atoms with Crippen LogP contribution >= 0.6 is 0 Å². The van der Waals surface area contributed by atoms with Crippen molar-refractivity contribution in [2.75, 3.05) is 0 Å². The summed E-state index contributed by atoms with van der Waals surface area (Å²) in [5.41, 5.74) is 1.20. The second-order valence-corrected chi connectivity index (χ2v) is 3.46. The minimum Gasteiger partial charge on any atom is -0.491 e. The lowest BCUT2D eigenvalue weighted by atomic mass is 10.1. The highest BCUT2D eigenvalue weighted by Crippen LogP contribution is 2.20. The summed E-state index contributed by atoms with van der Waals surface area (Å²) in [6.07, 6.45) is 2.13. The third-order valence-electron chi connectivity index (χ3n) is 2.14. The monoisotopic (exact) mass is 190 g/mol. The van der Waals surface area contributed by atoms with Crippen molar-refractivity contribution in [1.29, 1.82) is 0 Å². The van der Waals surface area contributed by atoms with Gasteiger partial charge in [0.2, 0.25) is 0 Å². The van der Waals surface area contributed by atoms with Gasteiger partial charge in [-0.05, 0) is 18.9 Å². The fourth-order valence-corrected chi connectivity index (χ4v) is 1.38. The first-order chi connectivity index (χ1) is 6.74. The number of hydrogen-bond donors (Lipinski definition) is 0. The zero-order valence-electron chi connectivity index (χ0n) is 8.99. The summed E-state index contributed by atoms with van der Waals surface area (Å²) in [6.45, 7) is 8.07. The van der Waals surface area contributed by atoms with Crippen molar-refractivity contribution in [3.63, 3.8) is 0 Å². The molecular formula is C13H18O. The molecular weight excluding hydrogens is 172 g/mol. The van der Waals surface area contributed by atoms with E-state index in [1.165, 1.54) is 5.56 Å². The number of ether oxygens (including phenoxy) is 1. The molecule has 1 nitrogen and oxygen atoms in total. The molecule has 0 saturated heterocycles. The molecule has 1 aromatic rings. The van der Waals surface area contributed by atoms with E-state index in [-0.39, 0.29) is 6.10 Å². The molecule has 1 atom stereocenters. The lowest BCUT2D eigenvalue weighted by Crippen LogP contribution is -1.99. The van der Waals surface area contributed by atoms with E-state index in [1.54, 1.807) is 0 Å². The van der Waals surface area contributed by atoms with Gasteiger partial charge in [0, 0.05) is 6.42 Å². The predicted octanol–water partition coefficient (Wildman–Crippen LogP) is 4.08. The summed E-state index contributed by atoms with van der Waals surface area (Å²) in [4.78, 5) is 0. The molecule has 1 aromatic carbocycles. The van der Waals surface area contributed by atoms with E-state index in [9.17, 15) is 0 Å². The van der Waals surface area contributed by atoms with Crippen LogP contribution in [0.1, 0.15) is 38.4 Å². The van der Waals surface area contributed by atoms with Gasteiger partial charge in [-0.2, -0.15) is 0 Å². The smallest absolute Gasteiger partial charge is 0.120 e. The summed E-state index contributed by atoms with van der Waals surface area (Å²) >= 11 is 0. The average molecular weight is 190 g/mol. The highest BCUT2D eigenvalue weighted by Gasteiger charge is 2.05. The standard InChI is InChI=1S/C13H18O/c1-4-8-11(2)14-12(3)13-9-6-5-7-10-13/h5-7,9-10,12H,2,4,8H2,1,3H3/t12-/m1/s1. The van der Waals surface area contributed by atoms with Gasteiger partial charge in [-0.15, -0.1) is 0 Å². The van der Waals surface area contributed by atoms with Crippen molar-refractivity contribution in [1.82, 2.24) is 0 Å². The highest BCUT2D eigenvalue weighted by atomic mass is 16.5. The summed E-state index contributed by atoms with van der Waals surface area (Å²) in [6, 6.07) is 10.2. The fourth-order valence-electron chi connectivity index (χ4n) is 1.38. The summed E-state index contributed by atoms with van der Waals surface area (Å²) in [7, 11) is 0. The Morgan fingerprint density at radius 1 is 1.36 bits per heavy atom. The van der Waals surface area contributed by atoms with Crippen LogP contribution in [0.2, 0.25) is 0 Å². The first-order valence-corrected chi connectivity index (χ1v) is 5.13. The predicted molar refractivity (Wildman–Crippen MR) is 60.0 cm³/mol. The van der Waals surface area contributed by atoms with E-state index in [0.29, 0.717) is 0 Å². The quantitative estimate of drug-likeness (QED) is 0.636. The number of allylic oxidation sites excluding steroid dienone is 1. The Hall–Kier alpha value is -1.24. The van der Waals surface area contributed by atoms with Crippen LogP contribution in [-0.2, 0) is 4.74 Å². The van der Waals surface area contributed by atoms with Gasteiger partial charge in [0.25, 0.3) is 0 Å². The molecule has 14 heavy (non-hydrogen) atoms. The Morgan fingerprint density at radius 2 is 2.00 bits per heavy atom. The molecule has 76 valence electrons. The SMILES string of the molecule is C=C(CCC)O[C@H](C)c1ccccc1. The second kappa shape index (κ2) is 5.48. The summed E-state index contributed by atoms with van der Waals surface area (Å²) in [5, 5.41) is 0. The minimum atomic E-state index is 0.107. The zero-order chi connectivity index (χ0) is 10.4. The van der Waals surface area contributed by atoms with Gasteiger partial charge in [-0.3, -0.25) is 0 Å². The Kier molecular flexibility index (Phi) is 4.24. The van der Waals surface area contributed by atoms with Crippen LogP contribution in [0.5, 0.6) is 0 Å². The number of benzene rings is 1. The van der Waals surface area contributed by atoms with Crippen LogP contribution in [0.4, 0.5) is 0 Å². The van der Waals surface area contributed by atoms with Gasteiger partial charge in [0.05, 0.1) is 5.76 Å². The van der Waals surface area contributed by atoms with Crippen molar-refractivity contribution in [2.45, 2.75) is 32.8 Å². The van der Waals surface area contributed by atoms with E-state index >= 15 is 0 Å². The molecule has 0 aliphatic rings. The van der Waals surface area contributed by atoms with E-state index in [1.807, 2.05) is 18.2 Å². The van der Waals surface area contributed by atoms with Crippen LogP contribution in [0, 0.1) is 0 Å². The van der Waals surface area contributed by atoms with Crippen molar-refractivity contribution in [2.24, 2.45) is 0 Å². The molecule has 0 heterocycles. The van der Waals surface area contributed by atoms with Crippen molar-refractivity contribution in [3.05, 3.63) is 48.2 Å². The van der Waals surface area contributed by atoms with Crippen LogP contribution in [0.15, 0.2) is 42.7 Å². The van der Waals surface area contributed by atoms with Gasteiger partial charge in [-0.1, -0.05) is 43.8 Å². The minimum absolute atomic E-state index is 0.107. The molecule has 1 rings (SSSR count). The first kappa shape index (κ1) is 10.8. The Morgan fingerprint density at radius 3 is 2.57 bits per heavy atom. The van der Waals surface area contributed by atoms with Crippen LogP contribution < -0.4 is 0 Å². The maximum atomic E-state index is 5.68. The molecule has 0 aliphatic heterocycles. The maximum Gasteiger partial charge on any atom is 0.120 e. The topological polar surface area (TPSA) is 9.23 Å². The maximum absolute atomic E-state index is 5.68. The molecule has 0 bridgehead atoms. The van der Waals surface area contributed by atoms with E-state index in [4.69, 9.17) is 4.74 Å². The van der Waals surface area contributed by atoms with E-state index in [0.717, 1.165) is 18.6 Å². The third kappa shape index (κ3) is 3.25. The molecule has 0 radical (unpaired) electrons. The molecule has 1 heteroatoms. The van der Waals surface area contributed by atoms with Crippen molar-refractivity contribution in [3.8, 4) is 0 Å². The highest BCUT2D eigenvalue weighted by molar-refractivity contribution is 5.17. The molecule has 0 fully saturated rings. The lowest BCUT2D eigenvalue weighted by Gasteiger charge is -2.16. The largest absolute Gasteiger partial charge is 0.491 e. The molecule has 0 spiro atoms. The van der Waals surface area contributed by atoms with Gasteiger partial charge in [0.1, 0.15) is 6.10 Å². The normalized spacial score (nSPS) is 12.1. The molecule has 0 N–H and O–H groups in total. The second-order valence-electron chi connectivity index (χ2n) is 3.46. The average Bonchev–Trinajstić information content (AvgIpc) is 2.19. The van der Waals surface area contributed by atoms with Crippen LogP contribution in [0.25, 0.3) is 0 Å². The molecule has 0 unspecified atom stereocenters. The zero-order valence-corrected chi connectivity index (χ0v) is 8.99. The Bertz CT molecular complexity index is 277. The first-order valence-electron chi connectivity index (χ1n) is 5.13. The fraction of sp³-hybridized carbons (Fsp3) is 0.385. The van der Waals surface area contributed by atoms with Crippen LogP contribution in [0.3, 0.4) is 0 Å². The molecule has 0 saturated carbocycles. The van der Waals surface area contributed by atoms with Gasteiger partial charge in [-0.25, -0.2) is 0 Å². The number of rotatable bonds is 5. The molecule has 0 aromatic heterocycles. The molecule has 0 amide bonds. The Balaban J connectivity index is 2.50. The van der Waals surface area contributed by atoms with Crippen molar-refractivity contribution < 1.29 is 4.74 Å². The Labute approximate surface area is 86.4 Å².